The summed E-state index contributed by atoms with van der Waals surface area (Å²) < 4.78 is 0. The monoisotopic (exact) mass is 424 g/mol. The molecule has 4 saturated carbocycles. The van der Waals surface area contributed by atoms with E-state index in [9.17, 15) is 9.59 Å². The molecule has 0 aromatic heterocycles. The van der Waals surface area contributed by atoms with Crippen molar-refractivity contribution in [2.45, 2.75) is 58.4 Å². The lowest BCUT2D eigenvalue weighted by atomic mass is 9.49. The van der Waals surface area contributed by atoms with Crippen molar-refractivity contribution in [3.05, 3.63) is 35.4 Å². The summed E-state index contributed by atoms with van der Waals surface area (Å²) in [5.74, 6) is 2.75. The van der Waals surface area contributed by atoms with Crippen LogP contribution in [-0.2, 0) is 16.1 Å². The highest BCUT2D eigenvalue weighted by molar-refractivity contribution is 5.85. The molecule has 0 atom stereocenters. The van der Waals surface area contributed by atoms with Gasteiger partial charge in [-0.1, -0.05) is 24.3 Å². The van der Waals surface area contributed by atoms with E-state index in [1.165, 1.54) is 54.6 Å². The van der Waals surface area contributed by atoms with E-state index >= 15 is 0 Å². The van der Waals surface area contributed by atoms with Crippen molar-refractivity contribution >= 4 is 11.8 Å². The van der Waals surface area contributed by atoms with E-state index in [1.54, 1.807) is 0 Å². The lowest BCUT2D eigenvalue weighted by Crippen LogP contribution is -3.13. The first-order chi connectivity index (χ1) is 15.0. The third-order valence-electron chi connectivity index (χ3n) is 8.66. The molecule has 1 aromatic carbocycles. The van der Waals surface area contributed by atoms with Crippen LogP contribution in [0.15, 0.2) is 24.3 Å². The lowest BCUT2D eigenvalue weighted by Gasteiger charge is -2.56. The van der Waals surface area contributed by atoms with Gasteiger partial charge < -0.3 is 15.1 Å². The third-order valence-corrected chi connectivity index (χ3v) is 8.66. The normalized spacial score (nSPS) is 32.3. The first-order valence-electron chi connectivity index (χ1n) is 12.4. The van der Waals surface area contributed by atoms with Gasteiger partial charge in [-0.2, -0.15) is 0 Å². The molecule has 5 aliphatic rings. The van der Waals surface area contributed by atoms with Crippen molar-refractivity contribution < 1.29 is 14.5 Å². The van der Waals surface area contributed by atoms with Gasteiger partial charge in [-0.15, -0.1) is 0 Å². The summed E-state index contributed by atoms with van der Waals surface area (Å²) in [5.41, 5.74) is 2.98. The maximum absolute atomic E-state index is 12.7. The van der Waals surface area contributed by atoms with E-state index in [-0.39, 0.29) is 23.8 Å². The Bertz CT molecular complexity index is 792. The molecule has 6 rings (SSSR count). The average Bonchev–Trinajstić information content (AvgIpc) is 2.73. The van der Waals surface area contributed by atoms with Crippen molar-refractivity contribution in [3.63, 3.8) is 0 Å². The maximum Gasteiger partial charge on any atom is 0.242 e. The molecule has 31 heavy (non-hydrogen) atoms. The summed E-state index contributed by atoms with van der Waals surface area (Å²) in [4.78, 5) is 28.9. The standard InChI is InChI=1S/C26H37N3O2/c1-19-4-2-3-5-23(19)18-28-6-8-29(9-7-28)25(31)17-27-24(30)16-26-13-20-10-21(14-26)12-22(11-20)15-26/h2-5,20-22H,6-18H2,1H3,(H,27,30)/p+1. The van der Waals surface area contributed by atoms with Gasteiger partial charge in [0.1, 0.15) is 6.54 Å². The molecule has 0 radical (unpaired) electrons. The Balaban J connectivity index is 1.05. The van der Waals surface area contributed by atoms with Crippen molar-refractivity contribution in [1.29, 1.82) is 0 Å². The van der Waals surface area contributed by atoms with Crippen molar-refractivity contribution in [3.8, 4) is 0 Å². The number of rotatable bonds is 6. The Hall–Kier alpha value is -1.88. The molecule has 2 amide bonds. The van der Waals surface area contributed by atoms with E-state index in [1.807, 2.05) is 4.90 Å². The molecule has 168 valence electrons. The largest absolute Gasteiger partial charge is 0.347 e. The van der Waals surface area contributed by atoms with Gasteiger partial charge in [0.25, 0.3) is 0 Å². The van der Waals surface area contributed by atoms with Gasteiger partial charge in [-0.25, -0.2) is 0 Å². The number of aryl methyl sites for hydroxylation is 1. The smallest absolute Gasteiger partial charge is 0.242 e. The van der Waals surface area contributed by atoms with Gasteiger partial charge in [-0.05, 0) is 74.2 Å². The van der Waals surface area contributed by atoms with Gasteiger partial charge in [0.2, 0.25) is 11.8 Å². The second-order valence-corrected chi connectivity index (χ2v) is 11.1. The zero-order chi connectivity index (χ0) is 21.4. The Morgan fingerprint density at radius 3 is 2.26 bits per heavy atom. The van der Waals surface area contributed by atoms with E-state index in [4.69, 9.17) is 0 Å². The number of hydrogen-bond acceptors (Lipinski definition) is 2. The topological polar surface area (TPSA) is 53.9 Å². The van der Waals surface area contributed by atoms with Crippen LogP contribution in [0.5, 0.6) is 0 Å². The molecule has 1 aliphatic heterocycles. The van der Waals surface area contributed by atoms with E-state index in [0.29, 0.717) is 6.42 Å². The second kappa shape index (κ2) is 8.57. The molecular weight excluding hydrogens is 386 g/mol. The van der Waals surface area contributed by atoms with Crippen LogP contribution in [0.1, 0.15) is 56.1 Å². The second-order valence-electron chi connectivity index (χ2n) is 11.1. The van der Waals surface area contributed by atoms with Gasteiger partial charge >= 0.3 is 0 Å². The SMILES string of the molecule is Cc1ccccc1C[NH+]1CCN(C(=O)CNC(=O)CC23CC4CC(CC(C4)C2)C3)CC1. The molecular formula is C26H38N3O2+. The summed E-state index contributed by atoms with van der Waals surface area (Å²) in [6, 6.07) is 8.57. The summed E-state index contributed by atoms with van der Waals surface area (Å²) in [5, 5.41) is 2.98. The lowest BCUT2D eigenvalue weighted by molar-refractivity contribution is -0.917. The average molecular weight is 425 g/mol. The molecule has 5 nitrogen and oxygen atoms in total. The highest BCUT2D eigenvalue weighted by Gasteiger charge is 2.51. The van der Waals surface area contributed by atoms with E-state index < -0.39 is 0 Å². The van der Waals surface area contributed by atoms with Crippen LogP contribution in [0.4, 0.5) is 0 Å². The van der Waals surface area contributed by atoms with Crippen LogP contribution < -0.4 is 10.2 Å². The Kier molecular flexibility index (Phi) is 5.80. The molecule has 0 spiro atoms. The Morgan fingerprint density at radius 2 is 1.65 bits per heavy atom. The van der Waals surface area contributed by atoms with Crippen LogP contribution >= 0.6 is 0 Å². The first kappa shape index (κ1) is 21.0. The third kappa shape index (κ3) is 4.67. The number of benzene rings is 1. The predicted octanol–water partition coefficient (Wildman–Crippen LogP) is 1.94. The molecule has 2 N–H and O–H groups in total. The number of nitrogens with zero attached hydrogens (tertiary/aromatic N) is 1. The number of carbonyl (C=O) groups excluding carboxylic acids is 2. The van der Waals surface area contributed by atoms with Crippen LogP contribution in [-0.4, -0.2) is 49.4 Å². The van der Waals surface area contributed by atoms with Gasteiger partial charge in [0.05, 0.1) is 32.7 Å². The minimum Gasteiger partial charge on any atom is -0.347 e. The Labute approximate surface area is 186 Å². The van der Waals surface area contributed by atoms with Gasteiger partial charge in [0.15, 0.2) is 0 Å². The summed E-state index contributed by atoms with van der Waals surface area (Å²) in [6.45, 7) is 6.87. The van der Waals surface area contributed by atoms with Crippen LogP contribution in [0.2, 0.25) is 0 Å². The zero-order valence-corrected chi connectivity index (χ0v) is 19.0. The zero-order valence-electron chi connectivity index (χ0n) is 19.0. The van der Waals surface area contributed by atoms with E-state index in [0.717, 1.165) is 50.5 Å². The first-order valence-corrected chi connectivity index (χ1v) is 12.4. The van der Waals surface area contributed by atoms with Crippen LogP contribution in [0.25, 0.3) is 0 Å². The summed E-state index contributed by atoms with van der Waals surface area (Å²) in [7, 11) is 0. The molecule has 5 heteroatoms. The predicted molar refractivity (Wildman–Crippen MR) is 120 cm³/mol. The van der Waals surface area contributed by atoms with Gasteiger partial charge in [-0.3, -0.25) is 9.59 Å². The van der Waals surface area contributed by atoms with Crippen molar-refractivity contribution in [2.75, 3.05) is 32.7 Å². The molecule has 1 heterocycles. The molecule has 1 aromatic rings. The quantitative estimate of drug-likeness (QED) is 0.733. The van der Waals surface area contributed by atoms with Gasteiger partial charge in [0, 0.05) is 12.0 Å². The number of piperazine rings is 1. The fourth-order valence-corrected chi connectivity index (χ4v) is 7.52. The molecule has 4 bridgehead atoms. The summed E-state index contributed by atoms with van der Waals surface area (Å²) >= 11 is 0. The van der Waals surface area contributed by atoms with Crippen LogP contribution in [0.3, 0.4) is 0 Å². The molecule has 4 aliphatic carbocycles. The highest BCUT2D eigenvalue weighted by atomic mass is 16.2. The number of nitrogens with one attached hydrogen (secondary N) is 2. The number of quaternary nitrogens is 1. The fraction of sp³-hybridized carbons (Fsp3) is 0.692. The van der Waals surface area contributed by atoms with Crippen LogP contribution in [0, 0.1) is 30.1 Å². The number of amides is 2. The fourth-order valence-electron chi connectivity index (χ4n) is 7.52. The Morgan fingerprint density at radius 1 is 1.03 bits per heavy atom. The minimum atomic E-state index is 0.0776. The van der Waals surface area contributed by atoms with Crippen molar-refractivity contribution in [2.24, 2.45) is 23.2 Å². The maximum atomic E-state index is 12.7. The summed E-state index contributed by atoms with van der Waals surface area (Å²) in [6.07, 6.45) is 8.56. The molecule has 0 unspecified atom stereocenters. The number of carbonyl (C=O) groups is 2. The molecule has 5 fully saturated rings. The minimum absolute atomic E-state index is 0.0776. The van der Waals surface area contributed by atoms with Crippen molar-refractivity contribution in [1.82, 2.24) is 10.2 Å². The number of hydrogen-bond donors (Lipinski definition) is 2. The van der Waals surface area contributed by atoms with E-state index in [2.05, 4.69) is 36.5 Å². The molecule has 1 saturated heterocycles. The highest BCUT2D eigenvalue weighted by Crippen LogP contribution is 2.61.